The van der Waals surface area contributed by atoms with Crippen LogP contribution >= 0.6 is 11.6 Å². The number of carbonyl (C=O) groups is 2. The molecule has 1 amide bonds. The topological polar surface area (TPSA) is 66.4 Å². The van der Waals surface area contributed by atoms with Crippen molar-refractivity contribution in [1.29, 1.82) is 0 Å². The van der Waals surface area contributed by atoms with E-state index in [9.17, 15) is 14.7 Å². The van der Waals surface area contributed by atoms with Gasteiger partial charge in [0, 0.05) is 5.02 Å². The summed E-state index contributed by atoms with van der Waals surface area (Å²) in [5.41, 5.74) is 2.87. The average Bonchev–Trinajstić information content (AvgIpc) is 2.60. The number of aryl methyl sites for hydroxylation is 1. The molecule has 2 unspecified atom stereocenters. The van der Waals surface area contributed by atoms with Gasteiger partial charge in [0.25, 0.3) is 0 Å². The van der Waals surface area contributed by atoms with Gasteiger partial charge in [-0.25, -0.2) is 0 Å². The molecule has 0 radical (unpaired) electrons. The van der Waals surface area contributed by atoms with Crippen LogP contribution < -0.4 is 5.32 Å². The zero-order valence-electron chi connectivity index (χ0n) is 13.7. The monoisotopic (exact) mass is 357 g/mol. The van der Waals surface area contributed by atoms with Crippen molar-refractivity contribution in [1.82, 2.24) is 5.32 Å². The smallest absolute Gasteiger partial charge is 0.305 e. The summed E-state index contributed by atoms with van der Waals surface area (Å²) < 4.78 is 0. The summed E-state index contributed by atoms with van der Waals surface area (Å²) in [6, 6.07) is 14.3. The van der Waals surface area contributed by atoms with Crippen molar-refractivity contribution < 1.29 is 14.7 Å². The first kappa shape index (κ1) is 17.5. The van der Waals surface area contributed by atoms with Gasteiger partial charge in [-0.1, -0.05) is 54.1 Å². The number of halogens is 1. The van der Waals surface area contributed by atoms with Crippen molar-refractivity contribution in [2.45, 2.75) is 37.6 Å². The van der Waals surface area contributed by atoms with Crippen LogP contribution in [0.25, 0.3) is 0 Å². The highest BCUT2D eigenvalue weighted by molar-refractivity contribution is 6.31. The molecule has 3 rings (SSSR count). The minimum atomic E-state index is -0.978. The van der Waals surface area contributed by atoms with E-state index in [-0.39, 0.29) is 18.2 Å². The van der Waals surface area contributed by atoms with Gasteiger partial charge < -0.3 is 10.4 Å². The van der Waals surface area contributed by atoms with Crippen LogP contribution in [0, 0.1) is 0 Å². The number of benzene rings is 2. The van der Waals surface area contributed by atoms with Crippen molar-refractivity contribution in [2.24, 2.45) is 0 Å². The Balaban J connectivity index is 1.84. The Hall–Kier alpha value is -2.33. The summed E-state index contributed by atoms with van der Waals surface area (Å²) in [6.45, 7) is 0. The number of hydrogen-bond donors (Lipinski definition) is 2. The minimum absolute atomic E-state index is 0.140. The molecule has 0 saturated carbocycles. The number of rotatable bonds is 5. The molecule has 0 saturated heterocycles. The molecule has 25 heavy (non-hydrogen) atoms. The Morgan fingerprint density at radius 2 is 1.88 bits per heavy atom. The van der Waals surface area contributed by atoms with Crippen LogP contribution in [0.15, 0.2) is 48.5 Å². The highest BCUT2D eigenvalue weighted by Gasteiger charge is 2.29. The third-order valence-electron chi connectivity index (χ3n) is 4.66. The first-order valence-corrected chi connectivity index (χ1v) is 8.78. The Kier molecular flexibility index (Phi) is 5.39. The molecule has 0 bridgehead atoms. The second kappa shape index (κ2) is 7.70. The van der Waals surface area contributed by atoms with E-state index in [4.69, 9.17) is 11.6 Å². The summed E-state index contributed by atoms with van der Waals surface area (Å²) in [7, 11) is 0. The molecule has 2 aromatic carbocycles. The molecule has 130 valence electrons. The lowest BCUT2D eigenvalue weighted by Gasteiger charge is -2.27. The van der Waals surface area contributed by atoms with Crippen molar-refractivity contribution in [2.75, 3.05) is 0 Å². The van der Waals surface area contributed by atoms with Crippen molar-refractivity contribution >= 4 is 23.5 Å². The maximum Gasteiger partial charge on any atom is 0.305 e. The Bertz CT molecular complexity index is 790. The van der Waals surface area contributed by atoms with Crippen LogP contribution in [0.4, 0.5) is 0 Å². The molecular weight excluding hydrogens is 338 g/mol. The number of aliphatic carboxylic acids is 1. The fourth-order valence-electron chi connectivity index (χ4n) is 3.47. The van der Waals surface area contributed by atoms with Gasteiger partial charge in [0.2, 0.25) is 5.91 Å². The second-order valence-electron chi connectivity index (χ2n) is 6.32. The SMILES string of the molecule is O=C(O)CC(NC(=O)C1CCCc2ccccc21)c1ccccc1Cl. The summed E-state index contributed by atoms with van der Waals surface area (Å²) in [5.74, 6) is -1.36. The molecule has 0 fully saturated rings. The minimum Gasteiger partial charge on any atom is -0.481 e. The van der Waals surface area contributed by atoms with Crippen LogP contribution in [0.3, 0.4) is 0 Å². The van der Waals surface area contributed by atoms with E-state index in [0.717, 1.165) is 24.8 Å². The van der Waals surface area contributed by atoms with Crippen LogP contribution in [-0.4, -0.2) is 17.0 Å². The molecule has 1 aliphatic carbocycles. The zero-order chi connectivity index (χ0) is 17.8. The van der Waals surface area contributed by atoms with E-state index in [1.807, 2.05) is 18.2 Å². The Morgan fingerprint density at radius 3 is 2.64 bits per heavy atom. The highest BCUT2D eigenvalue weighted by atomic mass is 35.5. The molecule has 0 aliphatic heterocycles. The molecule has 0 heterocycles. The summed E-state index contributed by atoms with van der Waals surface area (Å²) in [6.07, 6.45) is 2.49. The highest BCUT2D eigenvalue weighted by Crippen LogP contribution is 2.33. The van der Waals surface area contributed by atoms with Crippen molar-refractivity contribution in [3.05, 3.63) is 70.2 Å². The number of amides is 1. The van der Waals surface area contributed by atoms with E-state index >= 15 is 0 Å². The first-order chi connectivity index (χ1) is 12.1. The first-order valence-electron chi connectivity index (χ1n) is 8.40. The predicted octanol–water partition coefficient (Wildman–Crippen LogP) is 4.09. The van der Waals surface area contributed by atoms with Gasteiger partial charge in [0.1, 0.15) is 0 Å². The number of nitrogens with one attached hydrogen (secondary N) is 1. The second-order valence-corrected chi connectivity index (χ2v) is 6.73. The fraction of sp³-hybridized carbons (Fsp3) is 0.300. The molecule has 5 heteroatoms. The Morgan fingerprint density at radius 1 is 1.16 bits per heavy atom. The van der Waals surface area contributed by atoms with Gasteiger partial charge in [-0.2, -0.15) is 0 Å². The lowest BCUT2D eigenvalue weighted by Crippen LogP contribution is -2.35. The quantitative estimate of drug-likeness (QED) is 0.846. The van der Waals surface area contributed by atoms with Crippen LogP contribution in [-0.2, 0) is 16.0 Å². The standard InChI is InChI=1S/C20H20ClNO3/c21-17-11-4-3-9-16(17)18(12-19(23)24)22-20(25)15-10-5-7-13-6-1-2-8-14(13)15/h1-4,6,8-9,11,15,18H,5,7,10,12H2,(H,22,25)(H,23,24). The largest absolute Gasteiger partial charge is 0.481 e. The molecule has 1 aliphatic rings. The Labute approximate surface area is 151 Å². The molecule has 2 N–H and O–H groups in total. The number of carbonyl (C=O) groups excluding carboxylic acids is 1. The lowest BCUT2D eigenvalue weighted by atomic mass is 9.82. The van der Waals surface area contributed by atoms with E-state index in [0.29, 0.717) is 10.6 Å². The van der Waals surface area contributed by atoms with Gasteiger partial charge in [-0.05, 0) is 42.0 Å². The van der Waals surface area contributed by atoms with Gasteiger partial charge >= 0.3 is 5.97 Å². The molecular formula is C20H20ClNO3. The van der Waals surface area contributed by atoms with E-state index in [1.54, 1.807) is 24.3 Å². The summed E-state index contributed by atoms with van der Waals surface area (Å²) in [4.78, 5) is 24.1. The maximum atomic E-state index is 12.9. The molecule has 2 atom stereocenters. The normalized spacial score (nSPS) is 17.4. The van der Waals surface area contributed by atoms with Crippen molar-refractivity contribution in [3.63, 3.8) is 0 Å². The third-order valence-corrected chi connectivity index (χ3v) is 5.01. The average molecular weight is 358 g/mol. The number of carboxylic acid groups (broad SMARTS) is 1. The number of carboxylic acids is 1. The van der Waals surface area contributed by atoms with Crippen LogP contribution in [0.5, 0.6) is 0 Å². The van der Waals surface area contributed by atoms with Gasteiger partial charge in [0.15, 0.2) is 0 Å². The third kappa shape index (κ3) is 4.02. The zero-order valence-corrected chi connectivity index (χ0v) is 14.5. The van der Waals surface area contributed by atoms with Crippen LogP contribution in [0.1, 0.15) is 47.9 Å². The predicted molar refractivity (Wildman–Crippen MR) is 96.7 cm³/mol. The molecule has 0 spiro atoms. The van der Waals surface area contributed by atoms with Crippen molar-refractivity contribution in [3.8, 4) is 0 Å². The van der Waals surface area contributed by atoms with Crippen LogP contribution in [0.2, 0.25) is 5.02 Å². The van der Waals surface area contributed by atoms with Gasteiger partial charge in [-0.3, -0.25) is 9.59 Å². The molecule has 2 aromatic rings. The number of hydrogen-bond acceptors (Lipinski definition) is 2. The van der Waals surface area contributed by atoms with Gasteiger partial charge in [0.05, 0.1) is 18.4 Å². The molecule has 0 aromatic heterocycles. The van der Waals surface area contributed by atoms with E-state index in [2.05, 4.69) is 11.4 Å². The number of fused-ring (bicyclic) bond motifs is 1. The lowest BCUT2D eigenvalue weighted by molar-refractivity contribution is -0.137. The maximum absolute atomic E-state index is 12.9. The summed E-state index contributed by atoms with van der Waals surface area (Å²) in [5, 5.41) is 12.6. The van der Waals surface area contributed by atoms with E-state index < -0.39 is 12.0 Å². The van der Waals surface area contributed by atoms with E-state index in [1.165, 1.54) is 5.56 Å². The van der Waals surface area contributed by atoms with Gasteiger partial charge in [-0.15, -0.1) is 0 Å². The summed E-state index contributed by atoms with van der Waals surface area (Å²) >= 11 is 6.21. The fourth-order valence-corrected chi connectivity index (χ4v) is 3.74. The molecule has 4 nitrogen and oxygen atoms in total.